The lowest BCUT2D eigenvalue weighted by Gasteiger charge is -2.04. The molecule has 0 atom stereocenters. The van der Waals surface area contributed by atoms with Crippen molar-refractivity contribution >= 4 is 12.2 Å². The van der Waals surface area contributed by atoms with Crippen molar-refractivity contribution in [1.29, 1.82) is 0 Å². The Morgan fingerprint density at radius 2 is 1.20 bits per heavy atom. The predicted molar refractivity (Wildman–Crippen MR) is 60.6 cm³/mol. The van der Waals surface area contributed by atoms with Gasteiger partial charge in [0.2, 0.25) is 5.82 Å². The first-order chi connectivity index (χ1) is 9.41. The molecule has 104 valence electrons. The SMILES string of the molecule is [O-][n+]1ccc(/C=C/c2c(F)c(F)c(F)c(F)c2F)cc1. The molecule has 1 heterocycles. The Labute approximate surface area is 110 Å². The molecule has 0 amide bonds. The highest BCUT2D eigenvalue weighted by Crippen LogP contribution is 2.24. The highest BCUT2D eigenvalue weighted by Gasteiger charge is 2.24. The number of halogens is 5. The van der Waals surface area contributed by atoms with Gasteiger partial charge in [0, 0.05) is 12.1 Å². The number of pyridine rings is 1. The van der Waals surface area contributed by atoms with Crippen LogP contribution in [0.4, 0.5) is 22.0 Å². The van der Waals surface area contributed by atoms with Crippen molar-refractivity contribution in [2.75, 3.05) is 0 Å². The third-order valence-corrected chi connectivity index (χ3v) is 2.51. The molecule has 2 rings (SSSR count). The minimum absolute atomic E-state index is 0.362. The fourth-order valence-electron chi connectivity index (χ4n) is 1.48. The first-order valence-corrected chi connectivity index (χ1v) is 5.30. The van der Waals surface area contributed by atoms with Crippen LogP contribution < -0.4 is 4.73 Å². The molecule has 0 fully saturated rings. The highest BCUT2D eigenvalue weighted by molar-refractivity contribution is 5.69. The molecule has 2 nitrogen and oxygen atoms in total. The third kappa shape index (κ3) is 2.47. The van der Waals surface area contributed by atoms with Gasteiger partial charge in [-0.3, -0.25) is 0 Å². The van der Waals surface area contributed by atoms with Crippen LogP contribution in [0.5, 0.6) is 0 Å². The van der Waals surface area contributed by atoms with Gasteiger partial charge in [0.15, 0.2) is 35.7 Å². The molecule has 0 N–H and O–H groups in total. The van der Waals surface area contributed by atoms with Gasteiger partial charge >= 0.3 is 0 Å². The second-order valence-corrected chi connectivity index (χ2v) is 3.81. The maximum Gasteiger partial charge on any atom is 0.200 e. The van der Waals surface area contributed by atoms with Crippen molar-refractivity contribution in [2.45, 2.75) is 0 Å². The van der Waals surface area contributed by atoms with Gasteiger partial charge in [-0.15, -0.1) is 0 Å². The van der Waals surface area contributed by atoms with Gasteiger partial charge < -0.3 is 5.21 Å². The van der Waals surface area contributed by atoms with Crippen LogP contribution in [0.1, 0.15) is 11.1 Å². The number of hydrogen-bond donors (Lipinski definition) is 0. The number of benzene rings is 1. The molecule has 1 aromatic carbocycles. The minimum Gasteiger partial charge on any atom is -0.619 e. The maximum absolute atomic E-state index is 13.3. The summed E-state index contributed by atoms with van der Waals surface area (Å²) in [6.45, 7) is 0. The van der Waals surface area contributed by atoms with E-state index in [4.69, 9.17) is 0 Å². The van der Waals surface area contributed by atoms with Crippen LogP contribution in [-0.4, -0.2) is 0 Å². The Morgan fingerprint density at radius 3 is 1.70 bits per heavy atom. The summed E-state index contributed by atoms with van der Waals surface area (Å²) in [6, 6.07) is 2.63. The first kappa shape index (κ1) is 14.0. The van der Waals surface area contributed by atoms with E-state index in [1.807, 2.05) is 0 Å². The molecule has 0 saturated carbocycles. The van der Waals surface area contributed by atoms with E-state index >= 15 is 0 Å². The largest absolute Gasteiger partial charge is 0.619 e. The van der Waals surface area contributed by atoms with E-state index in [0.717, 1.165) is 24.5 Å². The molecule has 0 bridgehead atoms. The molecule has 0 aliphatic heterocycles. The molecule has 0 saturated heterocycles. The van der Waals surface area contributed by atoms with Crippen LogP contribution in [0.3, 0.4) is 0 Å². The van der Waals surface area contributed by atoms with Crippen molar-refractivity contribution in [1.82, 2.24) is 0 Å². The molecule has 0 unspecified atom stereocenters. The van der Waals surface area contributed by atoms with E-state index in [9.17, 15) is 27.2 Å². The van der Waals surface area contributed by atoms with E-state index in [1.165, 1.54) is 12.1 Å². The maximum atomic E-state index is 13.3. The highest BCUT2D eigenvalue weighted by atomic mass is 19.2. The van der Waals surface area contributed by atoms with Crippen LogP contribution in [0, 0.1) is 34.3 Å². The average molecular weight is 287 g/mol. The summed E-state index contributed by atoms with van der Waals surface area (Å²) in [5, 5.41) is 10.8. The summed E-state index contributed by atoms with van der Waals surface area (Å²) < 4.78 is 65.9. The number of hydrogen-bond acceptors (Lipinski definition) is 1. The molecule has 7 heteroatoms. The van der Waals surface area contributed by atoms with Gasteiger partial charge in [-0.05, 0) is 11.6 Å². The normalized spacial score (nSPS) is 11.2. The van der Waals surface area contributed by atoms with E-state index in [-0.39, 0.29) is 0 Å². The van der Waals surface area contributed by atoms with E-state index in [0.29, 0.717) is 10.3 Å². The number of aromatic nitrogens is 1. The zero-order valence-corrected chi connectivity index (χ0v) is 9.71. The fourth-order valence-corrected chi connectivity index (χ4v) is 1.48. The zero-order chi connectivity index (χ0) is 14.9. The molecule has 0 radical (unpaired) electrons. The molecule has 20 heavy (non-hydrogen) atoms. The van der Waals surface area contributed by atoms with Gasteiger partial charge in [0.25, 0.3) is 0 Å². The summed E-state index contributed by atoms with van der Waals surface area (Å²) in [7, 11) is 0. The molecule has 0 spiro atoms. The standard InChI is InChI=1S/C13H6F5NO/c14-9-8(10(15)12(17)13(18)11(9)16)2-1-7-3-5-19(20)6-4-7/h1-6H/b2-1+. The van der Waals surface area contributed by atoms with Crippen molar-refractivity contribution < 1.29 is 26.7 Å². The molecule has 0 aliphatic rings. The second kappa shape index (κ2) is 5.28. The molecular formula is C13H6F5NO. The van der Waals surface area contributed by atoms with Gasteiger partial charge in [0.1, 0.15) is 0 Å². The molecule has 2 aromatic rings. The Hall–Kier alpha value is -2.44. The quantitative estimate of drug-likeness (QED) is 0.274. The lowest BCUT2D eigenvalue weighted by atomic mass is 10.1. The van der Waals surface area contributed by atoms with Gasteiger partial charge in [-0.1, -0.05) is 6.08 Å². The second-order valence-electron chi connectivity index (χ2n) is 3.81. The van der Waals surface area contributed by atoms with Crippen molar-refractivity contribution in [3.05, 3.63) is 69.9 Å². The van der Waals surface area contributed by atoms with Crippen LogP contribution in [0.15, 0.2) is 24.5 Å². The number of nitrogens with zero attached hydrogens (tertiary/aromatic N) is 1. The van der Waals surface area contributed by atoms with E-state index < -0.39 is 34.6 Å². The Kier molecular flexibility index (Phi) is 3.69. The average Bonchev–Trinajstić information content (AvgIpc) is 2.45. The first-order valence-electron chi connectivity index (χ1n) is 5.30. The third-order valence-electron chi connectivity index (χ3n) is 2.51. The Morgan fingerprint density at radius 1 is 0.750 bits per heavy atom. The summed E-state index contributed by atoms with van der Waals surface area (Å²) in [5.74, 6) is -10.0. The monoisotopic (exact) mass is 287 g/mol. The summed E-state index contributed by atoms with van der Waals surface area (Å²) in [4.78, 5) is 0. The summed E-state index contributed by atoms with van der Waals surface area (Å²) >= 11 is 0. The summed E-state index contributed by atoms with van der Waals surface area (Å²) in [5.41, 5.74) is -0.679. The summed E-state index contributed by atoms with van der Waals surface area (Å²) in [6.07, 6.45) is 4.12. The Balaban J connectivity index is 2.46. The lowest BCUT2D eigenvalue weighted by molar-refractivity contribution is -0.605. The van der Waals surface area contributed by atoms with Gasteiger partial charge in [0.05, 0.1) is 5.56 Å². The van der Waals surface area contributed by atoms with Crippen LogP contribution in [0.25, 0.3) is 12.2 Å². The van der Waals surface area contributed by atoms with Crippen molar-refractivity contribution in [2.24, 2.45) is 0 Å². The smallest absolute Gasteiger partial charge is 0.200 e. The topological polar surface area (TPSA) is 26.9 Å². The minimum atomic E-state index is -2.20. The molecule has 0 aliphatic carbocycles. The lowest BCUT2D eigenvalue weighted by Crippen LogP contribution is -2.23. The van der Waals surface area contributed by atoms with Crippen LogP contribution in [-0.2, 0) is 0 Å². The fraction of sp³-hybridized carbons (Fsp3) is 0. The van der Waals surface area contributed by atoms with Crippen LogP contribution >= 0.6 is 0 Å². The molecular weight excluding hydrogens is 281 g/mol. The van der Waals surface area contributed by atoms with Crippen molar-refractivity contribution in [3.8, 4) is 0 Å². The van der Waals surface area contributed by atoms with Gasteiger partial charge in [-0.2, -0.15) is 4.73 Å². The van der Waals surface area contributed by atoms with E-state index in [1.54, 1.807) is 0 Å². The number of rotatable bonds is 2. The van der Waals surface area contributed by atoms with Crippen LogP contribution in [0.2, 0.25) is 0 Å². The van der Waals surface area contributed by atoms with E-state index in [2.05, 4.69) is 0 Å². The van der Waals surface area contributed by atoms with Gasteiger partial charge in [-0.25, -0.2) is 22.0 Å². The zero-order valence-electron chi connectivity index (χ0n) is 9.71. The predicted octanol–water partition coefficient (Wildman–Crippen LogP) is 3.19. The Bertz CT molecular complexity index is 653. The van der Waals surface area contributed by atoms with Crippen molar-refractivity contribution in [3.63, 3.8) is 0 Å². The molecule has 1 aromatic heterocycles.